The zero-order valence-corrected chi connectivity index (χ0v) is 8.13. The summed E-state index contributed by atoms with van der Waals surface area (Å²) >= 11 is 0. The van der Waals surface area contributed by atoms with Crippen LogP contribution in [0, 0.1) is 0 Å². The molecule has 0 unspecified atom stereocenters. The molecule has 3 nitrogen and oxygen atoms in total. The summed E-state index contributed by atoms with van der Waals surface area (Å²) in [4.78, 5) is 0. The maximum absolute atomic E-state index is 9.57. The fourth-order valence-electron chi connectivity index (χ4n) is 1.38. The molecule has 0 bridgehead atoms. The van der Waals surface area contributed by atoms with E-state index in [1.165, 1.54) is 4.68 Å². The van der Waals surface area contributed by atoms with Crippen molar-refractivity contribution >= 4 is 0 Å². The number of aromatic nitrogens is 2. The van der Waals surface area contributed by atoms with Crippen LogP contribution in [0.1, 0.15) is 37.9 Å². The van der Waals surface area contributed by atoms with Crippen LogP contribution in [0.3, 0.4) is 0 Å². The molecule has 0 spiro atoms. The highest BCUT2D eigenvalue weighted by atomic mass is 16.3. The van der Waals surface area contributed by atoms with Crippen molar-refractivity contribution in [1.29, 1.82) is 0 Å². The summed E-state index contributed by atoms with van der Waals surface area (Å²) in [5.74, 6) is 0.688. The molecule has 0 aliphatic heterocycles. The highest BCUT2D eigenvalue weighted by Gasteiger charge is 2.15. The Labute approximate surface area is 73.0 Å². The van der Waals surface area contributed by atoms with E-state index in [2.05, 4.69) is 18.9 Å². The number of hydrogen-bond donors (Lipinski definition) is 1. The molecule has 3 heteroatoms. The van der Waals surface area contributed by atoms with Crippen LogP contribution in [0.4, 0.5) is 0 Å². The summed E-state index contributed by atoms with van der Waals surface area (Å²) in [5, 5.41) is 13.8. The summed E-state index contributed by atoms with van der Waals surface area (Å²) in [6.45, 7) is 6.20. The first kappa shape index (κ1) is 9.10. The molecule has 1 aromatic rings. The standard InChI is InChI=1S/C9H16N2O/c1-5-7-8(6(2)3)10-11(4)9(7)12/h6,12H,5H2,1-4H3. The summed E-state index contributed by atoms with van der Waals surface area (Å²) in [5.41, 5.74) is 1.99. The lowest BCUT2D eigenvalue weighted by Crippen LogP contribution is -1.94. The molecule has 1 heterocycles. The maximum atomic E-state index is 9.57. The van der Waals surface area contributed by atoms with Crippen molar-refractivity contribution in [2.45, 2.75) is 33.1 Å². The van der Waals surface area contributed by atoms with Crippen molar-refractivity contribution in [3.63, 3.8) is 0 Å². The zero-order chi connectivity index (χ0) is 9.30. The first-order chi connectivity index (χ1) is 5.57. The van der Waals surface area contributed by atoms with E-state index in [0.717, 1.165) is 17.7 Å². The molecule has 12 heavy (non-hydrogen) atoms. The van der Waals surface area contributed by atoms with E-state index in [1.54, 1.807) is 7.05 Å². The molecule has 0 fully saturated rings. The lowest BCUT2D eigenvalue weighted by molar-refractivity contribution is 0.414. The van der Waals surface area contributed by atoms with Crippen molar-refractivity contribution < 1.29 is 5.11 Å². The van der Waals surface area contributed by atoms with E-state index in [9.17, 15) is 5.11 Å². The summed E-state index contributed by atoms with van der Waals surface area (Å²) in [6, 6.07) is 0. The fourth-order valence-corrected chi connectivity index (χ4v) is 1.38. The molecule has 0 atom stereocenters. The summed E-state index contributed by atoms with van der Waals surface area (Å²) in [7, 11) is 1.76. The van der Waals surface area contributed by atoms with Crippen molar-refractivity contribution in [3.05, 3.63) is 11.3 Å². The van der Waals surface area contributed by atoms with Crippen LogP contribution in [0.2, 0.25) is 0 Å². The van der Waals surface area contributed by atoms with Gasteiger partial charge in [-0.1, -0.05) is 20.8 Å². The lowest BCUT2D eigenvalue weighted by atomic mass is 10.0. The van der Waals surface area contributed by atoms with Crippen molar-refractivity contribution in [1.82, 2.24) is 9.78 Å². The van der Waals surface area contributed by atoms with Crippen LogP contribution in [0.5, 0.6) is 5.88 Å². The van der Waals surface area contributed by atoms with Gasteiger partial charge >= 0.3 is 0 Å². The highest BCUT2D eigenvalue weighted by Crippen LogP contribution is 2.25. The molecule has 1 rings (SSSR count). The van der Waals surface area contributed by atoms with Gasteiger partial charge in [-0.15, -0.1) is 0 Å². The topological polar surface area (TPSA) is 38.0 Å². The van der Waals surface area contributed by atoms with Gasteiger partial charge in [0.25, 0.3) is 0 Å². The van der Waals surface area contributed by atoms with Crippen LogP contribution < -0.4 is 0 Å². The third-order valence-corrected chi connectivity index (χ3v) is 2.04. The molecular weight excluding hydrogens is 152 g/mol. The minimum absolute atomic E-state index is 0.307. The van der Waals surface area contributed by atoms with Gasteiger partial charge in [-0.25, -0.2) is 4.68 Å². The Hall–Kier alpha value is -0.990. The highest BCUT2D eigenvalue weighted by molar-refractivity contribution is 5.32. The Kier molecular flexibility index (Phi) is 2.40. The van der Waals surface area contributed by atoms with E-state index in [0.29, 0.717) is 11.8 Å². The van der Waals surface area contributed by atoms with E-state index in [4.69, 9.17) is 0 Å². The molecule has 0 aliphatic carbocycles. The lowest BCUT2D eigenvalue weighted by Gasteiger charge is -2.01. The molecule has 0 amide bonds. The smallest absolute Gasteiger partial charge is 0.212 e. The second-order valence-electron chi connectivity index (χ2n) is 3.32. The Balaban J connectivity index is 3.20. The van der Waals surface area contributed by atoms with Gasteiger partial charge in [-0.2, -0.15) is 5.10 Å². The van der Waals surface area contributed by atoms with E-state index < -0.39 is 0 Å². The minimum atomic E-state index is 0.307. The van der Waals surface area contributed by atoms with Crippen LogP contribution in [-0.2, 0) is 13.5 Å². The normalized spacial score (nSPS) is 11.1. The molecule has 1 N–H and O–H groups in total. The van der Waals surface area contributed by atoms with E-state index in [1.807, 2.05) is 6.92 Å². The Bertz CT molecular complexity index is 276. The Morgan fingerprint density at radius 2 is 2.08 bits per heavy atom. The summed E-state index contributed by atoms with van der Waals surface area (Å²) in [6.07, 6.45) is 0.840. The number of rotatable bonds is 2. The first-order valence-corrected chi connectivity index (χ1v) is 4.32. The largest absolute Gasteiger partial charge is 0.493 e. The van der Waals surface area contributed by atoms with E-state index in [-0.39, 0.29) is 0 Å². The first-order valence-electron chi connectivity index (χ1n) is 4.32. The maximum Gasteiger partial charge on any atom is 0.212 e. The van der Waals surface area contributed by atoms with Gasteiger partial charge < -0.3 is 5.11 Å². The second-order valence-corrected chi connectivity index (χ2v) is 3.32. The molecule has 0 aliphatic rings. The molecule has 1 aromatic heterocycles. The molecule has 68 valence electrons. The average molecular weight is 168 g/mol. The number of nitrogens with zero attached hydrogens (tertiary/aromatic N) is 2. The van der Waals surface area contributed by atoms with Gasteiger partial charge in [0.2, 0.25) is 5.88 Å². The average Bonchev–Trinajstić information content (AvgIpc) is 2.29. The van der Waals surface area contributed by atoms with Crippen LogP contribution in [0.15, 0.2) is 0 Å². The third-order valence-electron chi connectivity index (χ3n) is 2.04. The monoisotopic (exact) mass is 168 g/mol. The number of aryl methyl sites for hydroxylation is 1. The van der Waals surface area contributed by atoms with Crippen molar-refractivity contribution in [2.24, 2.45) is 7.05 Å². The molecule has 0 saturated carbocycles. The van der Waals surface area contributed by atoms with Crippen LogP contribution in [0.25, 0.3) is 0 Å². The van der Waals surface area contributed by atoms with Crippen LogP contribution >= 0.6 is 0 Å². The number of hydrogen-bond acceptors (Lipinski definition) is 2. The van der Waals surface area contributed by atoms with E-state index >= 15 is 0 Å². The molecular formula is C9H16N2O. The van der Waals surface area contributed by atoms with Gasteiger partial charge in [0.15, 0.2) is 0 Å². The van der Waals surface area contributed by atoms with Gasteiger partial charge in [-0.3, -0.25) is 0 Å². The quantitative estimate of drug-likeness (QED) is 0.731. The van der Waals surface area contributed by atoms with Crippen LogP contribution in [-0.4, -0.2) is 14.9 Å². The predicted octanol–water partition coefficient (Wildman–Crippen LogP) is 1.81. The van der Waals surface area contributed by atoms with Gasteiger partial charge in [0.05, 0.1) is 5.69 Å². The zero-order valence-electron chi connectivity index (χ0n) is 8.13. The molecule has 0 saturated heterocycles. The summed E-state index contributed by atoms with van der Waals surface area (Å²) < 4.78 is 1.54. The Morgan fingerprint density at radius 1 is 1.50 bits per heavy atom. The number of aromatic hydroxyl groups is 1. The third kappa shape index (κ3) is 1.31. The second kappa shape index (κ2) is 3.17. The van der Waals surface area contributed by atoms with Crippen molar-refractivity contribution in [2.75, 3.05) is 0 Å². The van der Waals surface area contributed by atoms with Crippen molar-refractivity contribution in [3.8, 4) is 5.88 Å². The molecule has 0 radical (unpaired) electrons. The minimum Gasteiger partial charge on any atom is -0.493 e. The van der Waals surface area contributed by atoms with Gasteiger partial charge in [-0.05, 0) is 12.3 Å². The Morgan fingerprint density at radius 3 is 2.42 bits per heavy atom. The molecule has 0 aromatic carbocycles. The SMILES string of the molecule is CCc1c(C(C)C)nn(C)c1O. The predicted molar refractivity (Wildman–Crippen MR) is 48.3 cm³/mol. The fraction of sp³-hybridized carbons (Fsp3) is 0.667. The van der Waals surface area contributed by atoms with Gasteiger partial charge in [0.1, 0.15) is 0 Å². The van der Waals surface area contributed by atoms with Gasteiger partial charge in [0, 0.05) is 12.6 Å².